The molecule has 180 valence electrons. The summed E-state index contributed by atoms with van der Waals surface area (Å²) in [4.78, 5) is 34.0. The van der Waals surface area contributed by atoms with Crippen LogP contribution in [0.4, 0.5) is 5.69 Å². The van der Waals surface area contributed by atoms with Gasteiger partial charge < -0.3 is 24.3 Å². The van der Waals surface area contributed by atoms with Gasteiger partial charge in [-0.05, 0) is 55.3 Å². The zero-order chi connectivity index (χ0) is 23.5. The van der Waals surface area contributed by atoms with Crippen LogP contribution in [-0.2, 0) is 9.53 Å². The molecule has 3 saturated heterocycles. The van der Waals surface area contributed by atoms with E-state index in [1.165, 1.54) is 5.69 Å². The Bertz CT molecular complexity index is 986. The standard InChI is InChI=1S/C27H34N4O3/c1-28-12-14-29(15-13-28)24-10-8-22(9-11-24)21-4-6-23(7-5-21)26(32)30-16-18-31(19-17-30)27(33)25-3-2-20-34-25/h4-11,25H,2-3,12-20H2,1H3/t25-/m0/s1. The maximum Gasteiger partial charge on any atom is 0.253 e. The third kappa shape index (κ3) is 4.95. The Hall–Kier alpha value is -2.90. The number of ether oxygens (including phenoxy) is 1. The molecular formula is C27H34N4O3. The van der Waals surface area contributed by atoms with Gasteiger partial charge in [-0.2, -0.15) is 0 Å². The van der Waals surface area contributed by atoms with Crippen LogP contribution in [0.15, 0.2) is 48.5 Å². The number of anilines is 1. The molecule has 0 bridgehead atoms. The molecule has 0 aromatic heterocycles. The van der Waals surface area contributed by atoms with Gasteiger partial charge >= 0.3 is 0 Å². The van der Waals surface area contributed by atoms with E-state index in [0.717, 1.165) is 50.1 Å². The fraction of sp³-hybridized carbons (Fsp3) is 0.481. The second-order valence-electron chi connectivity index (χ2n) is 9.53. The molecule has 1 atom stereocenters. The zero-order valence-corrected chi connectivity index (χ0v) is 20.0. The van der Waals surface area contributed by atoms with E-state index in [-0.39, 0.29) is 17.9 Å². The van der Waals surface area contributed by atoms with Gasteiger partial charge in [0.05, 0.1) is 0 Å². The Labute approximate surface area is 201 Å². The molecule has 3 heterocycles. The first-order valence-electron chi connectivity index (χ1n) is 12.4. The van der Waals surface area contributed by atoms with Gasteiger partial charge in [-0.15, -0.1) is 0 Å². The Kier molecular flexibility index (Phi) is 6.83. The predicted molar refractivity (Wildman–Crippen MR) is 133 cm³/mol. The number of rotatable bonds is 4. The topological polar surface area (TPSA) is 56.3 Å². The Morgan fingerprint density at radius 2 is 1.35 bits per heavy atom. The van der Waals surface area contributed by atoms with Gasteiger partial charge in [0.1, 0.15) is 6.10 Å². The van der Waals surface area contributed by atoms with Crippen molar-refractivity contribution in [1.82, 2.24) is 14.7 Å². The van der Waals surface area contributed by atoms with Gasteiger partial charge in [0.15, 0.2) is 0 Å². The number of hydrogen-bond donors (Lipinski definition) is 0. The summed E-state index contributed by atoms with van der Waals surface area (Å²) in [6.07, 6.45) is 1.47. The van der Waals surface area contributed by atoms with Crippen LogP contribution in [0.3, 0.4) is 0 Å². The third-order valence-electron chi connectivity index (χ3n) is 7.28. The molecule has 2 amide bonds. The van der Waals surface area contributed by atoms with E-state index >= 15 is 0 Å². The van der Waals surface area contributed by atoms with Crippen molar-refractivity contribution < 1.29 is 14.3 Å². The van der Waals surface area contributed by atoms with Gasteiger partial charge in [0, 0.05) is 70.2 Å². The summed E-state index contributed by atoms with van der Waals surface area (Å²) >= 11 is 0. The zero-order valence-electron chi connectivity index (χ0n) is 20.0. The lowest BCUT2D eigenvalue weighted by molar-refractivity contribution is -0.142. The summed E-state index contributed by atoms with van der Waals surface area (Å²) in [6, 6.07) is 16.6. The summed E-state index contributed by atoms with van der Waals surface area (Å²) < 4.78 is 5.52. The number of piperazine rings is 2. The summed E-state index contributed by atoms with van der Waals surface area (Å²) in [5, 5.41) is 0. The second kappa shape index (κ2) is 10.2. The lowest BCUT2D eigenvalue weighted by Gasteiger charge is -2.35. The minimum atomic E-state index is -0.287. The molecule has 0 radical (unpaired) electrons. The molecule has 3 aliphatic heterocycles. The van der Waals surface area contributed by atoms with Crippen LogP contribution < -0.4 is 4.90 Å². The maximum absolute atomic E-state index is 13.0. The van der Waals surface area contributed by atoms with Gasteiger partial charge in [-0.1, -0.05) is 24.3 Å². The van der Waals surface area contributed by atoms with Crippen molar-refractivity contribution in [3.8, 4) is 11.1 Å². The molecule has 34 heavy (non-hydrogen) atoms. The van der Waals surface area contributed by atoms with Crippen molar-refractivity contribution in [2.24, 2.45) is 0 Å². The van der Waals surface area contributed by atoms with E-state index in [2.05, 4.69) is 41.1 Å². The van der Waals surface area contributed by atoms with Crippen LogP contribution in [0.1, 0.15) is 23.2 Å². The highest BCUT2D eigenvalue weighted by Crippen LogP contribution is 2.25. The van der Waals surface area contributed by atoms with Gasteiger partial charge in [0.25, 0.3) is 11.8 Å². The molecule has 0 unspecified atom stereocenters. The van der Waals surface area contributed by atoms with Crippen LogP contribution in [0.2, 0.25) is 0 Å². The number of hydrogen-bond acceptors (Lipinski definition) is 5. The average molecular weight is 463 g/mol. The normalized spacial score (nSPS) is 21.7. The SMILES string of the molecule is CN1CCN(c2ccc(-c3ccc(C(=O)N4CCN(C(=O)[C@@H]5CCCO5)CC4)cc3)cc2)CC1. The lowest BCUT2D eigenvalue weighted by Crippen LogP contribution is -2.52. The van der Waals surface area contributed by atoms with E-state index in [0.29, 0.717) is 38.3 Å². The first-order chi connectivity index (χ1) is 16.6. The molecule has 2 aromatic carbocycles. The van der Waals surface area contributed by atoms with E-state index in [1.807, 2.05) is 34.1 Å². The summed E-state index contributed by atoms with van der Waals surface area (Å²) in [7, 11) is 2.17. The van der Waals surface area contributed by atoms with E-state index < -0.39 is 0 Å². The average Bonchev–Trinajstić information content (AvgIpc) is 3.44. The van der Waals surface area contributed by atoms with Crippen molar-refractivity contribution in [3.05, 3.63) is 54.1 Å². The Morgan fingerprint density at radius 1 is 0.765 bits per heavy atom. The second-order valence-corrected chi connectivity index (χ2v) is 9.53. The monoisotopic (exact) mass is 462 g/mol. The Morgan fingerprint density at radius 3 is 1.94 bits per heavy atom. The fourth-order valence-electron chi connectivity index (χ4n) is 5.02. The summed E-state index contributed by atoms with van der Waals surface area (Å²) in [5.41, 5.74) is 4.21. The van der Waals surface area contributed by atoms with E-state index in [9.17, 15) is 9.59 Å². The van der Waals surface area contributed by atoms with Crippen LogP contribution in [0.25, 0.3) is 11.1 Å². The number of likely N-dealkylation sites (N-methyl/N-ethyl adjacent to an activating group) is 1. The summed E-state index contributed by atoms with van der Waals surface area (Å²) in [6.45, 7) is 7.25. The van der Waals surface area contributed by atoms with Crippen LogP contribution in [-0.4, -0.2) is 98.6 Å². The predicted octanol–water partition coefficient (Wildman–Crippen LogP) is 2.57. The van der Waals surface area contributed by atoms with Crippen LogP contribution in [0, 0.1) is 0 Å². The van der Waals surface area contributed by atoms with Crippen molar-refractivity contribution in [2.75, 3.05) is 70.9 Å². The molecule has 7 heteroatoms. The quantitative estimate of drug-likeness (QED) is 0.699. The Balaban J connectivity index is 1.16. The highest BCUT2D eigenvalue weighted by Gasteiger charge is 2.31. The number of benzene rings is 2. The molecule has 3 aliphatic rings. The highest BCUT2D eigenvalue weighted by molar-refractivity contribution is 5.95. The van der Waals surface area contributed by atoms with Crippen LogP contribution in [0.5, 0.6) is 0 Å². The molecular weight excluding hydrogens is 428 g/mol. The number of carbonyl (C=O) groups excluding carboxylic acids is 2. The first kappa shape index (κ1) is 22.9. The van der Waals surface area contributed by atoms with Crippen LogP contribution >= 0.6 is 0 Å². The van der Waals surface area contributed by atoms with Crippen molar-refractivity contribution in [2.45, 2.75) is 18.9 Å². The van der Waals surface area contributed by atoms with Crippen molar-refractivity contribution >= 4 is 17.5 Å². The van der Waals surface area contributed by atoms with E-state index in [4.69, 9.17) is 4.74 Å². The van der Waals surface area contributed by atoms with Gasteiger partial charge in [-0.3, -0.25) is 9.59 Å². The lowest BCUT2D eigenvalue weighted by atomic mass is 10.0. The highest BCUT2D eigenvalue weighted by atomic mass is 16.5. The molecule has 2 aromatic rings. The van der Waals surface area contributed by atoms with Crippen molar-refractivity contribution in [3.63, 3.8) is 0 Å². The smallest absolute Gasteiger partial charge is 0.253 e. The minimum absolute atomic E-state index is 0.0289. The molecule has 7 nitrogen and oxygen atoms in total. The summed E-state index contributed by atoms with van der Waals surface area (Å²) in [5.74, 6) is 0.105. The molecule has 5 rings (SSSR count). The molecule has 0 saturated carbocycles. The number of amides is 2. The minimum Gasteiger partial charge on any atom is -0.369 e. The fourth-order valence-corrected chi connectivity index (χ4v) is 5.02. The molecule has 0 aliphatic carbocycles. The largest absolute Gasteiger partial charge is 0.369 e. The maximum atomic E-state index is 13.0. The molecule has 0 spiro atoms. The third-order valence-corrected chi connectivity index (χ3v) is 7.28. The first-order valence-corrected chi connectivity index (χ1v) is 12.4. The van der Waals surface area contributed by atoms with Gasteiger partial charge in [-0.25, -0.2) is 0 Å². The molecule has 3 fully saturated rings. The van der Waals surface area contributed by atoms with Gasteiger partial charge in [0.2, 0.25) is 0 Å². The number of carbonyl (C=O) groups is 2. The number of nitrogens with zero attached hydrogens (tertiary/aromatic N) is 4. The molecule has 0 N–H and O–H groups in total. The van der Waals surface area contributed by atoms with Crippen molar-refractivity contribution in [1.29, 1.82) is 0 Å². The van der Waals surface area contributed by atoms with E-state index in [1.54, 1.807) is 0 Å².